The molecular weight excluding hydrogens is 262 g/mol. The van der Waals surface area contributed by atoms with Gasteiger partial charge in [-0.15, -0.1) is 0 Å². The first-order valence-corrected chi connectivity index (χ1v) is 8.78. The third-order valence-corrected chi connectivity index (χ3v) is 5.14. The first kappa shape index (κ1) is 15.0. The largest absolute Gasteiger partial charge is 0.392 e. The van der Waals surface area contributed by atoms with E-state index >= 15 is 0 Å². The SMILES string of the molecule is OC1CCCCCC1NCc1ccn(C2CCCCC2)n1. The molecule has 4 nitrogen and oxygen atoms in total. The van der Waals surface area contributed by atoms with Crippen LogP contribution in [0.2, 0.25) is 0 Å². The molecule has 0 spiro atoms. The minimum atomic E-state index is -0.187. The fourth-order valence-electron chi connectivity index (χ4n) is 3.78. The normalized spacial score (nSPS) is 28.4. The van der Waals surface area contributed by atoms with Gasteiger partial charge in [-0.3, -0.25) is 4.68 Å². The molecule has 3 rings (SSSR count). The van der Waals surface area contributed by atoms with E-state index in [0.717, 1.165) is 31.5 Å². The fraction of sp³-hybridized carbons (Fsp3) is 0.824. The lowest BCUT2D eigenvalue weighted by Crippen LogP contribution is -2.38. The molecule has 21 heavy (non-hydrogen) atoms. The molecule has 0 aliphatic heterocycles. The highest BCUT2D eigenvalue weighted by molar-refractivity contribution is 5.00. The summed E-state index contributed by atoms with van der Waals surface area (Å²) in [6, 6.07) is 2.98. The van der Waals surface area contributed by atoms with Crippen LogP contribution in [0.4, 0.5) is 0 Å². The van der Waals surface area contributed by atoms with Gasteiger partial charge in [0.25, 0.3) is 0 Å². The zero-order valence-corrected chi connectivity index (χ0v) is 13.0. The highest BCUT2D eigenvalue weighted by Gasteiger charge is 2.21. The van der Waals surface area contributed by atoms with Gasteiger partial charge in [0.1, 0.15) is 0 Å². The van der Waals surface area contributed by atoms with E-state index in [4.69, 9.17) is 5.10 Å². The van der Waals surface area contributed by atoms with Gasteiger partial charge in [0.15, 0.2) is 0 Å². The molecule has 1 aromatic heterocycles. The van der Waals surface area contributed by atoms with E-state index in [1.165, 1.54) is 44.9 Å². The van der Waals surface area contributed by atoms with Gasteiger partial charge < -0.3 is 10.4 Å². The Morgan fingerprint density at radius 2 is 1.76 bits per heavy atom. The van der Waals surface area contributed by atoms with E-state index < -0.39 is 0 Å². The second-order valence-electron chi connectivity index (χ2n) is 6.77. The van der Waals surface area contributed by atoms with Crippen molar-refractivity contribution in [3.05, 3.63) is 18.0 Å². The molecule has 2 aliphatic rings. The molecule has 2 saturated carbocycles. The van der Waals surface area contributed by atoms with Gasteiger partial charge in [-0.25, -0.2) is 0 Å². The van der Waals surface area contributed by atoms with Crippen LogP contribution in [-0.4, -0.2) is 27.0 Å². The van der Waals surface area contributed by atoms with E-state index in [-0.39, 0.29) is 12.1 Å². The summed E-state index contributed by atoms with van der Waals surface area (Å²) in [5, 5.41) is 18.4. The Morgan fingerprint density at radius 1 is 1.05 bits per heavy atom. The van der Waals surface area contributed by atoms with Crippen LogP contribution in [-0.2, 0) is 6.54 Å². The van der Waals surface area contributed by atoms with Crippen molar-refractivity contribution in [1.82, 2.24) is 15.1 Å². The molecule has 2 atom stereocenters. The summed E-state index contributed by atoms with van der Waals surface area (Å²) >= 11 is 0. The van der Waals surface area contributed by atoms with Crippen LogP contribution in [0.1, 0.15) is 75.9 Å². The number of aliphatic hydroxyl groups excluding tert-OH is 1. The van der Waals surface area contributed by atoms with Crippen molar-refractivity contribution in [2.45, 2.75) is 88.9 Å². The van der Waals surface area contributed by atoms with Crippen molar-refractivity contribution in [3.8, 4) is 0 Å². The Balaban J connectivity index is 1.52. The molecule has 2 unspecified atom stereocenters. The monoisotopic (exact) mass is 291 g/mol. The molecule has 4 heteroatoms. The van der Waals surface area contributed by atoms with Crippen molar-refractivity contribution in [1.29, 1.82) is 0 Å². The topological polar surface area (TPSA) is 50.1 Å². The van der Waals surface area contributed by atoms with Gasteiger partial charge in [-0.2, -0.15) is 5.10 Å². The Hall–Kier alpha value is -0.870. The van der Waals surface area contributed by atoms with Crippen LogP contribution >= 0.6 is 0 Å². The van der Waals surface area contributed by atoms with Crippen molar-refractivity contribution in [3.63, 3.8) is 0 Å². The number of aromatic nitrogens is 2. The molecule has 1 heterocycles. The molecule has 0 amide bonds. The van der Waals surface area contributed by atoms with Gasteiger partial charge in [0.05, 0.1) is 17.8 Å². The second kappa shape index (κ2) is 7.41. The minimum Gasteiger partial charge on any atom is -0.392 e. The average Bonchev–Trinajstić information content (AvgIpc) is 2.90. The summed E-state index contributed by atoms with van der Waals surface area (Å²) < 4.78 is 2.17. The maximum absolute atomic E-state index is 10.1. The van der Waals surface area contributed by atoms with Crippen LogP contribution in [0, 0.1) is 0 Å². The lowest BCUT2D eigenvalue weighted by molar-refractivity contribution is 0.119. The molecule has 1 aromatic rings. The van der Waals surface area contributed by atoms with Crippen LogP contribution in [0.3, 0.4) is 0 Å². The first-order chi connectivity index (χ1) is 10.3. The molecule has 118 valence electrons. The van der Waals surface area contributed by atoms with Gasteiger partial charge in [-0.1, -0.05) is 38.5 Å². The summed E-state index contributed by atoms with van der Waals surface area (Å²) in [4.78, 5) is 0. The van der Waals surface area contributed by atoms with Crippen LogP contribution in [0.25, 0.3) is 0 Å². The number of rotatable bonds is 4. The fourth-order valence-corrected chi connectivity index (χ4v) is 3.78. The van der Waals surface area contributed by atoms with Crippen LogP contribution < -0.4 is 5.32 Å². The molecule has 0 saturated heterocycles. The van der Waals surface area contributed by atoms with Crippen molar-refractivity contribution >= 4 is 0 Å². The molecule has 2 N–H and O–H groups in total. The Bertz CT molecular complexity index is 425. The number of aliphatic hydroxyl groups is 1. The van der Waals surface area contributed by atoms with Crippen LogP contribution in [0.15, 0.2) is 12.3 Å². The van der Waals surface area contributed by atoms with Crippen molar-refractivity contribution in [2.24, 2.45) is 0 Å². The zero-order valence-electron chi connectivity index (χ0n) is 13.0. The quantitative estimate of drug-likeness (QED) is 0.838. The smallest absolute Gasteiger partial charge is 0.0762 e. The maximum atomic E-state index is 10.1. The first-order valence-electron chi connectivity index (χ1n) is 8.78. The molecule has 0 radical (unpaired) electrons. The molecule has 0 bridgehead atoms. The van der Waals surface area contributed by atoms with Crippen LogP contribution in [0.5, 0.6) is 0 Å². The third-order valence-electron chi connectivity index (χ3n) is 5.14. The van der Waals surface area contributed by atoms with E-state index in [0.29, 0.717) is 6.04 Å². The van der Waals surface area contributed by atoms with Gasteiger partial charge in [-0.05, 0) is 31.7 Å². The number of nitrogens with one attached hydrogen (secondary N) is 1. The Kier molecular flexibility index (Phi) is 5.31. The second-order valence-corrected chi connectivity index (χ2v) is 6.77. The summed E-state index contributed by atoms with van der Waals surface area (Å²) in [6.07, 6.45) is 14.2. The molecule has 0 aromatic carbocycles. The number of hydrogen-bond donors (Lipinski definition) is 2. The van der Waals surface area contributed by atoms with E-state index in [2.05, 4.69) is 22.3 Å². The third kappa shape index (κ3) is 4.07. The summed E-state index contributed by atoms with van der Waals surface area (Å²) in [6.45, 7) is 0.779. The average molecular weight is 291 g/mol. The van der Waals surface area contributed by atoms with Gasteiger partial charge in [0.2, 0.25) is 0 Å². The maximum Gasteiger partial charge on any atom is 0.0762 e. The lowest BCUT2D eigenvalue weighted by atomic mass is 9.96. The van der Waals surface area contributed by atoms with E-state index in [9.17, 15) is 5.11 Å². The van der Waals surface area contributed by atoms with E-state index in [1.54, 1.807) is 0 Å². The van der Waals surface area contributed by atoms with Gasteiger partial charge >= 0.3 is 0 Å². The Labute approximate surface area is 127 Å². The summed E-state index contributed by atoms with van der Waals surface area (Å²) in [5.41, 5.74) is 1.11. The lowest BCUT2D eigenvalue weighted by Gasteiger charge is -2.22. The minimum absolute atomic E-state index is 0.187. The Morgan fingerprint density at radius 3 is 2.57 bits per heavy atom. The predicted molar refractivity (Wildman–Crippen MR) is 84.1 cm³/mol. The number of hydrogen-bond acceptors (Lipinski definition) is 3. The van der Waals surface area contributed by atoms with Gasteiger partial charge in [0, 0.05) is 18.8 Å². The number of nitrogens with zero attached hydrogens (tertiary/aromatic N) is 2. The zero-order chi connectivity index (χ0) is 14.5. The molecule has 2 aliphatic carbocycles. The predicted octanol–water partition coefficient (Wildman–Crippen LogP) is 3.17. The standard InChI is InChI=1S/C17H29N3O/c21-17-10-6-2-5-9-16(17)18-13-14-11-12-20(19-14)15-7-3-1-4-8-15/h11-12,15-18,21H,1-10,13H2. The summed E-state index contributed by atoms with van der Waals surface area (Å²) in [7, 11) is 0. The highest BCUT2D eigenvalue weighted by atomic mass is 16.3. The van der Waals surface area contributed by atoms with Crippen molar-refractivity contribution in [2.75, 3.05) is 0 Å². The van der Waals surface area contributed by atoms with Crippen molar-refractivity contribution < 1.29 is 5.11 Å². The van der Waals surface area contributed by atoms with E-state index in [1.807, 2.05) is 0 Å². The summed E-state index contributed by atoms with van der Waals surface area (Å²) in [5.74, 6) is 0. The molecular formula is C17H29N3O. The molecule has 2 fully saturated rings. The highest BCUT2D eigenvalue weighted by Crippen LogP contribution is 2.27.